The lowest BCUT2D eigenvalue weighted by Gasteiger charge is -2.20. The molecule has 0 fully saturated rings. The molecule has 2 rings (SSSR count). The summed E-state index contributed by atoms with van der Waals surface area (Å²) >= 11 is 0. The van der Waals surface area contributed by atoms with Crippen LogP contribution in [-0.4, -0.2) is 24.2 Å². The summed E-state index contributed by atoms with van der Waals surface area (Å²) in [5.74, 6) is 0.392. The third kappa shape index (κ3) is 3.63. The second-order valence-electron chi connectivity index (χ2n) is 5.50. The van der Waals surface area contributed by atoms with E-state index in [-0.39, 0.29) is 12.5 Å². The highest BCUT2D eigenvalue weighted by atomic mass is 16.3. The molecule has 5 nitrogen and oxygen atoms in total. The first-order valence-electron chi connectivity index (χ1n) is 7.17. The maximum atomic E-state index is 11.3. The number of aryl methyl sites for hydroxylation is 1. The molecular formula is C15H23N3O2. The summed E-state index contributed by atoms with van der Waals surface area (Å²) in [7, 11) is 0. The molecule has 1 heterocycles. The van der Waals surface area contributed by atoms with E-state index in [1.54, 1.807) is 0 Å². The van der Waals surface area contributed by atoms with Crippen LogP contribution in [0.5, 0.6) is 0 Å². The number of nitrogens with two attached hydrogens (primary N) is 1. The monoisotopic (exact) mass is 277 g/mol. The van der Waals surface area contributed by atoms with Crippen LogP contribution in [0, 0.1) is 5.92 Å². The van der Waals surface area contributed by atoms with Gasteiger partial charge in [0.1, 0.15) is 0 Å². The minimum atomic E-state index is 0.0515. The number of anilines is 3. The van der Waals surface area contributed by atoms with Crippen LogP contribution in [0.2, 0.25) is 0 Å². The fourth-order valence-electron chi connectivity index (χ4n) is 2.36. The van der Waals surface area contributed by atoms with E-state index < -0.39 is 0 Å². The number of nitrogen functional groups attached to an aromatic ring is 1. The Labute approximate surface area is 119 Å². The van der Waals surface area contributed by atoms with Gasteiger partial charge in [0.05, 0.1) is 11.4 Å². The molecule has 0 bridgehead atoms. The second-order valence-corrected chi connectivity index (χ2v) is 5.50. The van der Waals surface area contributed by atoms with Gasteiger partial charge in [0.2, 0.25) is 5.91 Å². The Hall–Kier alpha value is -1.75. The molecule has 110 valence electrons. The molecule has 20 heavy (non-hydrogen) atoms. The summed E-state index contributed by atoms with van der Waals surface area (Å²) in [6, 6.07) is 3.85. The van der Waals surface area contributed by atoms with E-state index in [0.29, 0.717) is 18.0 Å². The van der Waals surface area contributed by atoms with Crippen LogP contribution in [0.25, 0.3) is 0 Å². The van der Waals surface area contributed by atoms with E-state index in [9.17, 15) is 4.79 Å². The van der Waals surface area contributed by atoms with Gasteiger partial charge in [-0.1, -0.05) is 6.92 Å². The van der Waals surface area contributed by atoms with E-state index >= 15 is 0 Å². The van der Waals surface area contributed by atoms with Gasteiger partial charge < -0.3 is 21.5 Å². The van der Waals surface area contributed by atoms with Gasteiger partial charge in [-0.2, -0.15) is 0 Å². The quantitative estimate of drug-likeness (QED) is 0.473. The van der Waals surface area contributed by atoms with Crippen molar-refractivity contribution in [2.24, 2.45) is 5.92 Å². The van der Waals surface area contributed by atoms with Crippen molar-refractivity contribution in [1.82, 2.24) is 0 Å². The smallest absolute Gasteiger partial charge is 0.224 e. The zero-order chi connectivity index (χ0) is 14.5. The highest BCUT2D eigenvalue weighted by molar-refractivity contribution is 5.95. The topological polar surface area (TPSA) is 87.4 Å². The third-order valence-corrected chi connectivity index (χ3v) is 3.67. The number of fused-ring (bicyclic) bond motifs is 1. The molecule has 0 saturated carbocycles. The second kappa shape index (κ2) is 6.61. The number of rotatable bonds is 6. The molecule has 1 atom stereocenters. The molecule has 0 saturated heterocycles. The first-order valence-corrected chi connectivity index (χ1v) is 7.17. The lowest BCUT2D eigenvalue weighted by Crippen LogP contribution is -2.19. The Morgan fingerprint density at radius 1 is 1.45 bits per heavy atom. The normalized spacial score (nSPS) is 15.4. The van der Waals surface area contributed by atoms with Crippen LogP contribution < -0.4 is 16.4 Å². The van der Waals surface area contributed by atoms with Crippen molar-refractivity contribution in [2.45, 2.75) is 32.6 Å². The Morgan fingerprint density at radius 3 is 3.00 bits per heavy atom. The molecule has 0 radical (unpaired) electrons. The molecule has 1 aromatic carbocycles. The molecule has 1 aliphatic heterocycles. The Kier molecular flexibility index (Phi) is 4.84. The summed E-state index contributed by atoms with van der Waals surface area (Å²) in [6.45, 7) is 3.11. The fourth-order valence-corrected chi connectivity index (χ4v) is 2.36. The van der Waals surface area contributed by atoms with E-state index in [4.69, 9.17) is 10.8 Å². The van der Waals surface area contributed by atoms with Crippen molar-refractivity contribution in [1.29, 1.82) is 0 Å². The predicted molar refractivity (Wildman–Crippen MR) is 81.8 cm³/mol. The molecule has 0 aromatic heterocycles. The molecular weight excluding hydrogens is 254 g/mol. The first-order chi connectivity index (χ1) is 9.60. The molecule has 1 unspecified atom stereocenters. The molecule has 5 N–H and O–H groups in total. The summed E-state index contributed by atoms with van der Waals surface area (Å²) in [5.41, 5.74) is 9.55. The van der Waals surface area contributed by atoms with Crippen molar-refractivity contribution < 1.29 is 9.90 Å². The first kappa shape index (κ1) is 14.7. The molecule has 1 aromatic rings. The number of nitrogens with one attached hydrogen (secondary N) is 2. The van der Waals surface area contributed by atoms with Gasteiger partial charge in [-0.15, -0.1) is 0 Å². The third-order valence-electron chi connectivity index (χ3n) is 3.67. The average molecular weight is 277 g/mol. The van der Waals surface area contributed by atoms with Crippen molar-refractivity contribution in [3.63, 3.8) is 0 Å². The van der Waals surface area contributed by atoms with E-state index in [1.807, 2.05) is 19.1 Å². The summed E-state index contributed by atoms with van der Waals surface area (Å²) in [5, 5.41) is 15.2. The van der Waals surface area contributed by atoms with Crippen LogP contribution in [0.15, 0.2) is 12.1 Å². The molecule has 0 spiro atoms. The minimum Gasteiger partial charge on any atom is -0.397 e. The number of amides is 1. The number of carbonyl (C=O) groups excluding carboxylic acids is 1. The van der Waals surface area contributed by atoms with Crippen LogP contribution >= 0.6 is 0 Å². The Morgan fingerprint density at radius 2 is 2.25 bits per heavy atom. The van der Waals surface area contributed by atoms with Gasteiger partial charge in [0.25, 0.3) is 0 Å². The number of benzene rings is 1. The number of aliphatic hydroxyl groups excluding tert-OH is 1. The molecule has 1 amide bonds. The summed E-state index contributed by atoms with van der Waals surface area (Å²) < 4.78 is 0. The zero-order valence-electron chi connectivity index (χ0n) is 11.9. The van der Waals surface area contributed by atoms with Gasteiger partial charge in [0.15, 0.2) is 0 Å². The van der Waals surface area contributed by atoms with E-state index in [1.165, 1.54) is 0 Å². The highest BCUT2D eigenvalue weighted by Gasteiger charge is 2.16. The lowest BCUT2D eigenvalue weighted by molar-refractivity contribution is -0.116. The number of hydrogen-bond donors (Lipinski definition) is 4. The molecule has 5 heteroatoms. The molecule has 1 aliphatic rings. The highest BCUT2D eigenvalue weighted by Crippen LogP contribution is 2.30. The zero-order valence-corrected chi connectivity index (χ0v) is 11.9. The van der Waals surface area contributed by atoms with Crippen LogP contribution in [-0.2, 0) is 11.2 Å². The van der Waals surface area contributed by atoms with Gasteiger partial charge in [-0.05, 0) is 42.9 Å². The van der Waals surface area contributed by atoms with Crippen LogP contribution in [0.4, 0.5) is 17.1 Å². The van der Waals surface area contributed by atoms with Gasteiger partial charge in [-0.25, -0.2) is 0 Å². The predicted octanol–water partition coefficient (Wildman–Crippen LogP) is 1.97. The van der Waals surface area contributed by atoms with Crippen molar-refractivity contribution in [3.05, 3.63) is 17.7 Å². The van der Waals surface area contributed by atoms with Gasteiger partial charge in [-0.3, -0.25) is 4.79 Å². The minimum absolute atomic E-state index is 0.0515. The van der Waals surface area contributed by atoms with Gasteiger partial charge >= 0.3 is 0 Å². The summed E-state index contributed by atoms with van der Waals surface area (Å²) in [6.07, 6.45) is 3.28. The van der Waals surface area contributed by atoms with Crippen LogP contribution in [0.1, 0.15) is 31.7 Å². The standard InChI is InChI=1S/C15H23N3O2/c1-10(9-19)3-2-6-17-14-7-11-4-5-15(20)18-13(11)8-12(14)16/h7-8,10,17,19H,2-6,9,16H2,1H3,(H,18,20). The maximum Gasteiger partial charge on any atom is 0.224 e. The fraction of sp³-hybridized carbons (Fsp3) is 0.533. The maximum absolute atomic E-state index is 11.3. The Balaban J connectivity index is 1.94. The number of carbonyl (C=O) groups is 1. The number of aliphatic hydroxyl groups is 1. The van der Waals surface area contributed by atoms with Crippen molar-refractivity contribution in [3.8, 4) is 0 Å². The van der Waals surface area contributed by atoms with E-state index in [0.717, 1.165) is 42.7 Å². The SMILES string of the molecule is CC(CO)CCCNc1cc2c(cc1N)NC(=O)CC2. The largest absolute Gasteiger partial charge is 0.397 e. The molecule has 0 aliphatic carbocycles. The van der Waals surface area contributed by atoms with Crippen LogP contribution in [0.3, 0.4) is 0 Å². The number of hydrogen-bond acceptors (Lipinski definition) is 4. The van der Waals surface area contributed by atoms with E-state index in [2.05, 4.69) is 10.6 Å². The van der Waals surface area contributed by atoms with Crippen molar-refractivity contribution >= 4 is 23.0 Å². The Bertz CT molecular complexity index is 488. The lowest BCUT2D eigenvalue weighted by atomic mass is 10.0. The van der Waals surface area contributed by atoms with Crippen molar-refractivity contribution in [2.75, 3.05) is 29.5 Å². The summed E-state index contributed by atoms with van der Waals surface area (Å²) in [4.78, 5) is 11.3. The average Bonchev–Trinajstić information content (AvgIpc) is 2.43. The van der Waals surface area contributed by atoms with Gasteiger partial charge in [0, 0.05) is 25.3 Å².